The molecule has 1 N–H and O–H groups in total. The molecule has 2 amide bonds. The number of hydrogen-bond acceptors (Lipinski definition) is 2. The van der Waals surface area contributed by atoms with Gasteiger partial charge in [0.2, 0.25) is 11.8 Å². The van der Waals surface area contributed by atoms with Gasteiger partial charge in [-0.1, -0.05) is 24.3 Å². The molecule has 130 valence electrons. The van der Waals surface area contributed by atoms with Crippen LogP contribution in [0.3, 0.4) is 0 Å². The normalized spacial score (nSPS) is 17.0. The van der Waals surface area contributed by atoms with Gasteiger partial charge in [-0.2, -0.15) is 0 Å². The predicted molar refractivity (Wildman–Crippen MR) is 94.6 cm³/mol. The second kappa shape index (κ2) is 7.05. The molecular formula is C20H21FN2O2. The first-order chi connectivity index (χ1) is 12.0. The number of aryl methyl sites for hydroxylation is 2. The van der Waals surface area contributed by atoms with Crippen molar-refractivity contribution >= 4 is 17.5 Å². The SMILES string of the molecule is Cc1ccc(C)c(N2CCC(C(=O)NCc3ccc(F)cc3)C2=O)c1. The van der Waals surface area contributed by atoms with E-state index in [4.69, 9.17) is 0 Å². The number of carbonyl (C=O) groups is 2. The number of nitrogens with one attached hydrogen (secondary N) is 1. The van der Waals surface area contributed by atoms with E-state index in [9.17, 15) is 14.0 Å². The van der Waals surface area contributed by atoms with Crippen LogP contribution in [0.4, 0.5) is 10.1 Å². The van der Waals surface area contributed by atoms with Gasteiger partial charge in [0, 0.05) is 18.8 Å². The summed E-state index contributed by atoms with van der Waals surface area (Å²) in [6, 6.07) is 11.9. The Labute approximate surface area is 146 Å². The lowest BCUT2D eigenvalue weighted by Gasteiger charge is -2.19. The van der Waals surface area contributed by atoms with Crippen LogP contribution in [-0.2, 0) is 16.1 Å². The average molecular weight is 340 g/mol. The van der Waals surface area contributed by atoms with E-state index in [2.05, 4.69) is 5.32 Å². The van der Waals surface area contributed by atoms with Crippen LogP contribution in [-0.4, -0.2) is 18.4 Å². The van der Waals surface area contributed by atoms with Crippen molar-refractivity contribution in [3.63, 3.8) is 0 Å². The maximum atomic E-state index is 12.9. The zero-order valence-electron chi connectivity index (χ0n) is 14.4. The first kappa shape index (κ1) is 17.1. The summed E-state index contributed by atoms with van der Waals surface area (Å²) in [6.45, 7) is 4.77. The smallest absolute Gasteiger partial charge is 0.239 e. The number of amides is 2. The van der Waals surface area contributed by atoms with Crippen molar-refractivity contribution in [2.75, 3.05) is 11.4 Å². The van der Waals surface area contributed by atoms with E-state index in [1.165, 1.54) is 12.1 Å². The quantitative estimate of drug-likeness (QED) is 0.870. The van der Waals surface area contributed by atoms with E-state index in [0.29, 0.717) is 13.0 Å². The largest absolute Gasteiger partial charge is 0.351 e. The third-order valence-electron chi connectivity index (χ3n) is 4.56. The number of nitrogens with zero attached hydrogens (tertiary/aromatic N) is 1. The van der Waals surface area contributed by atoms with Gasteiger partial charge in [-0.15, -0.1) is 0 Å². The molecular weight excluding hydrogens is 319 g/mol. The second-order valence-corrected chi connectivity index (χ2v) is 6.47. The highest BCUT2D eigenvalue weighted by Gasteiger charge is 2.37. The minimum atomic E-state index is -0.666. The Kier molecular flexibility index (Phi) is 4.83. The Morgan fingerprint density at radius 3 is 2.64 bits per heavy atom. The molecule has 0 bridgehead atoms. The summed E-state index contributed by atoms with van der Waals surface area (Å²) in [6.07, 6.45) is 0.501. The average Bonchev–Trinajstić information content (AvgIpc) is 2.98. The Hall–Kier alpha value is -2.69. The summed E-state index contributed by atoms with van der Waals surface area (Å²) < 4.78 is 12.9. The number of hydrogen-bond donors (Lipinski definition) is 1. The molecule has 0 saturated carbocycles. The highest BCUT2D eigenvalue weighted by atomic mass is 19.1. The van der Waals surface area contributed by atoms with E-state index in [1.807, 2.05) is 32.0 Å². The maximum Gasteiger partial charge on any atom is 0.239 e. The van der Waals surface area contributed by atoms with Crippen molar-refractivity contribution in [3.8, 4) is 0 Å². The monoisotopic (exact) mass is 340 g/mol. The number of benzene rings is 2. The number of rotatable bonds is 4. The molecule has 3 rings (SSSR count). The Balaban J connectivity index is 1.65. The number of carbonyl (C=O) groups excluding carboxylic acids is 2. The van der Waals surface area contributed by atoms with Gasteiger partial charge < -0.3 is 10.2 Å². The van der Waals surface area contributed by atoms with Crippen LogP contribution in [0, 0.1) is 25.6 Å². The van der Waals surface area contributed by atoms with Gasteiger partial charge in [0.15, 0.2) is 0 Å². The molecule has 0 radical (unpaired) electrons. The molecule has 1 fully saturated rings. The van der Waals surface area contributed by atoms with Crippen LogP contribution in [0.15, 0.2) is 42.5 Å². The van der Waals surface area contributed by atoms with Gasteiger partial charge in [0.1, 0.15) is 11.7 Å². The first-order valence-corrected chi connectivity index (χ1v) is 8.36. The van der Waals surface area contributed by atoms with Crippen molar-refractivity contribution in [1.82, 2.24) is 5.32 Å². The Bertz CT molecular complexity index is 802. The molecule has 0 aliphatic carbocycles. The van der Waals surface area contributed by atoms with E-state index < -0.39 is 5.92 Å². The van der Waals surface area contributed by atoms with E-state index in [0.717, 1.165) is 22.4 Å². The minimum absolute atomic E-state index is 0.162. The van der Waals surface area contributed by atoms with Crippen molar-refractivity contribution in [3.05, 3.63) is 65.0 Å². The predicted octanol–water partition coefficient (Wildman–Crippen LogP) is 3.11. The molecule has 1 heterocycles. The van der Waals surface area contributed by atoms with Crippen LogP contribution in [0.25, 0.3) is 0 Å². The zero-order chi connectivity index (χ0) is 18.0. The van der Waals surface area contributed by atoms with Crippen LogP contribution in [0.1, 0.15) is 23.1 Å². The third-order valence-corrected chi connectivity index (χ3v) is 4.56. The molecule has 1 aliphatic rings. The van der Waals surface area contributed by atoms with Crippen molar-refractivity contribution in [2.24, 2.45) is 5.92 Å². The van der Waals surface area contributed by atoms with Crippen LogP contribution < -0.4 is 10.2 Å². The number of halogens is 1. The summed E-state index contributed by atoms with van der Waals surface area (Å²) in [7, 11) is 0. The van der Waals surface area contributed by atoms with Crippen LogP contribution in [0.2, 0.25) is 0 Å². The molecule has 1 aliphatic heterocycles. The Morgan fingerprint density at radius 1 is 1.20 bits per heavy atom. The summed E-state index contributed by atoms with van der Waals surface area (Å²) in [5, 5.41) is 2.78. The van der Waals surface area contributed by atoms with Crippen LogP contribution >= 0.6 is 0 Å². The first-order valence-electron chi connectivity index (χ1n) is 8.36. The molecule has 0 aromatic heterocycles. The lowest BCUT2D eigenvalue weighted by Crippen LogP contribution is -2.36. The van der Waals surface area contributed by atoms with Crippen molar-refractivity contribution in [2.45, 2.75) is 26.8 Å². The second-order valence-electron chi connectivity index (χ2n) is 6.47. The topological polar surface area (TPSA) is 49.4 Å². The van der Waals surface area contributed by atoms with Gasteiger partial charge in [0.25, 0.3) is 0 Å². The summed E-state index contributed by atoms with van der Waals surface area (Å²) in [5.41, 5.74) is 3.77. The molecule has 1 saturated heterocycles. The molecule has 1 unspecified atom stereocenters. The Morgan fingerprint density at radius 2 is 1.92 bits per heavy atom. The van der Waals surface area contributed by atoms with Crippen molar-refractivity contribution < 1.29 is 14.0 Å². The van der Waals surface area contributed by atoms with Gasteiger partial charge in [0.05, 0.1) is 0 Å². The molecule has 0 spiro atoms. The molecule has 1 atom stereocenters. The number of anilines is 1. The van der Waals surface area contributed by atoms with E-state index in [-0.39, 0.29) is 24.2 Å². The molecule has 5 heteroatoms. The highest BCUT2D eigenvalue weighted by Crippen LogP contribution is 2.29. The van der Waals surface area contributed by atoms with E-state index >= 15 is 0 Å². The third kappa shape index (κ3) is 3.71. The molecule has 25 heavy (non-hydrogen) atoms. The van der Waals surface area contributed by atoms with Crippen molar-refractivity contribution in [1.29, 1.82) is 0 Å². The highest BCUT2D eigenvalue weighted by molar-refractivity contribution is 6.09. The van der Waals surface area contributed by atoms with E-state index in [1.54, 1.807) is 17.0 Å². The van der Waals surface area contributed by atoms with Gasteiger partial charge >= 0.3 is 0 Å². The zero-order valence-corrected chi connectivity index (χ0v) is 14.4. The fraction of sp³-hybridized carbons (Fsp3) is 0.300. The standard InChI is InChI=1S/C20H21FN2O2/c1-13-3-4-14(2)18(11-13)23-10-9-17(20(23)25)19(24)22-12-15-5-7-16(21)8-6-15/h3-8,11,17H,9-10,12H2,1-2H3,(H,22,24). The van der Waals surface area contributed by atoms with Gasteiger partial charge in [-0.05, 0) is 55.2 Å². The lowest BCUT2D eigenvalue weighted by molar-refractivity contribution is -0.132. The summed E-state index contributed by atoms with van der Waals surface area (Å²) in [4.78, 5) is 26.8. The molecule has 4 nitrogen and oxygen atoms in total. The fourth-order valence-corrected chi connectivity index (χ4v) is 3.09. The molecule has 2 aromatic rings. The minimum Gasteiger partial charge on any atom is -0.351 e. The van der Waals surface area contributed by atoms with Gasteiger partial charge in [-0.25, -0.2) is 4.39 Å². The maximum absolute atomic E-state index is 12.9. The summed E-state index contributed by atoms with van der Waals surface area (Å²) in [5.74, 6) is -1.42. The molecule has 2 aromatic carbocycles. The van der Waals surface area contributed by atoms with Gasteiger partial charge in [-0.3, -0.25) is 9.59 Å². The lowest BCUT2D eigenvalue weighted by atomic mass is 10.1. The summed E-state index contributed by atoms with van der Waals surface area (Å²) >= 11 is 0. The van der Waals surface area contributed by atoms with Crippen LogP contribution in [0.5, 0.6) is 0 Å². The fourth-order valence-electron chi connectivity index (χ4n) is 3.09.